The number of hydrogen-bond acceptors (Lipinski definition) is 5. The van der Waals surface area contributed by atoms with E-state index in [0.29, 0.717) is 0 Å². The van der Waals surface area contributed by atoms with E-state index in [1.54, 1.807) is 0 Å². The lowest BCUT2D eigenvalue weighted by molar-refractivity contribution is 0.370. The van der Waals surface area contributed by atoms with Crippen LogP contribution < -0.4 is 9.03 Å². The quantitative estimate of drug-likeness (QED) is 0.707. The molecule has 1 heterocycles. The van der Waals surface area contributed by atoms with Crippen LogP contribution in [0.25, 0.3) is 0 Å². The zero-order valence-electron chi connectivity index (χ0n) is 5.41. The Bertz CT molecular complexity index is 235. The molecule has 7 heteroatoms. The highest BCUT2D eigenvalue weighted by Gasteiger charge is 2.04. The van der Waals surface area contributed by atoms with E-state index in [2.05, 4.69) is 24.0 Å². The first-order valence-electron chi connectivity index (χ1n) is 2.50. The molecule has 0 aliphatic heterocycles. The van der Waals surface area contributed by atoms with Crippen LogP contribution in [-0.2, 0) is 0 Å². The van der Waals surface area contributed by atoms with E-state index < -0.39 is 0 Å². The largest absolute Gasteiger partial charge is 0.467 e. The molecule has 0 aliphatic carbocycles. The molecule has 0 saturated heterocycles. The van der Waals surface area contributed by atoms with Crippen LogP contribution in [0.15, 0.2) is 0 Å². The van der Waals surface area contributed by atoms with Crippen LogP contribution in [0.2, 0.25) is 5.28 Å². The second kappa shape index (κ2) is 3.54. The lowest BCUT2D eigenvalue weighted by Gasteiger charge is -1.97. The molecule has 11 heavy (non-hydrogen) atoms. The second-order valence-electron chi connectivity index (χ2n) is 1.45. The first kappa shape index (κ1) is 8.29. The first-order chi connectivity index (χ1) is 5.26. The summed E-state index contributed by atoms with van der Waals surface area (Å²) in [6.45, 7) is 0. The molecule has 1 aromatic heterocycles. The molecular weight excluding hydrogens is 193 g/mol. The van der Waals surface area contributed by atoms with Crippen LogP contribution in [0, 0.1) is 0 Å². The van der Waals surface area contributed by atoms with Gasteiger partial charge in [0.15, 0.2) is 0 Å². The van der Waals surface area contributed by atoms with Gasteiger partial charge in [0.1, 0.15) is 11.9 Å². The normalized spacial score (nSPS) is 9.36. The Hall–Kier alpha value is -0.810. The number of nitrogens with zero attached hydrogens (tertiary/aromatic N) is 3. The maximum Gasteiger partial charge on any atom is 0.342 e. The maximum absolute atomic E-state index is 5.43. The molecule has 0 unspecified atom stereocenters. The maximum atomic E-state index is 5.43. The average molecular weight is 196 g/mol. The van der Waals surface area contributed by atoms with E-state index in [9.17, 15) is 0 Å². The van der Waals surface area contributed by atoms with Gasteiger partial charge in [-0.15, -0.1) is 4.98 Å². The number of halogens is 2. The van der Waals surface area contributed by atoms with Gasteiger partial charge in [0.05, 0.1) is 7.11 Å². The van der Waals surface area contributed by atoms with Crippen molar-refractivity contribution in [3.05, 3.63) is 5.28 Å². The van der Waals surface area contributed by atoms with Gasteiger partial charge in [0.2, 0.25) is 5.28 Å². The molecule has 1 aromatic rings. The van der Waals surface area contributed by atoms with E-state index in [0.717, 1.165) is 0 Å². The Morgan fingerprint density at radius 3 is 2.36 bits per heavy atom. The van der Waals surface area contributed by atoms with Gasteiger partial charge in [-0.2, -0.15) is 9.97 Å². The van der Waals surface area contributed by atoms with Gasteiger partial charge in [-0.25, -0.2) is 0 Å². The topological polar surface area (TPSA) is 57.1 Å². The first-order valence-corrected chi connectivity index (χ1v) is 3.19. The van der Waals surface area contributed by atoms with Crippen molar-refractivity contribution in [2.75, 3.05) is 7.11 Å². The second-order valence-corrected chi connectivity index (χ2v) is 1.94. The zero-order chi connectivity index (χ0) is 8.27. The molecule has 0 aromatic carbocycles. The molecule has 0 aliphatic rings. The minimum Gasteiger partial charge on any atom is -0.467 e. The van der Waals surface area contributed by atoms with E-state index in [1.807, 2.05) is 0 Å². The Balaban J connectivity index is 3.02. The molecule has 5 nitrogen and oxygen atoms in total. The molecule has 0 radical (unpaired) electrons. The monoisotopic (exact) mass is 195 g/mol. The van der Waals surface area contributed by atoms with E-state index in [-0.39, 0.29) is 17.3 Å². The van der Waals surface area contributed by atoms with Crippen molar-refractivity contribution in [1.29, 1.82) is 0 Å². The summed E-state index contributed by atoms with van der Waals surface area (Å²) >= 11 is 10.4. The van der Waals surface area contributed by atoms with Crippen LogP contribution in [-0.4, -0.2) is 22.1 Å². The summed E-state index contributed by atoms with van der Waals surface area (Å²) in [5.41, 5.74) is 0. The highest BCUT2D eigenvalue weighted by Crippen LogP contribution is 2.12. The summed E-state index contributed by atoms with van der Waals surface area (Å²) in [6, 6.07) is -0.0378. The Morgan fingerprint density at radius 1 is 1.18 bits per heavy atom. The molecule has 60 valence electrons. The lowest BCUT2D eigenvalue weighted by atomic mass is 11.0. The van der Waals surface area contributed by atoms with Crippen molar-refractivity contribution < 1.29 is 9.03 Å². The Labute approximate surface area is 72.5 Å². The van der Waals surface area contributed by atoms with Crippen molar-refractivity contribution in [1.82, 2.24) is 15.0 Å². The minimum absolute atomic E-state index is 0.0347. The van der Waals surface area contributed by atoms with Gasteiger partial charge < -0.3 is 9.03 Å². The van der Waals surface area contributed by atoms with Crippen LogP contribution in [0.3, 0.4) is 0 Å². The van der Waals surface area contributed by atoms with Crippen molar-refractivity contribution in [3.63, 3.8) is 0 Å². The van der Waals surface area contributed by atoms with Gasteiger partial charge in [0.25, 0.3) is 0 Å². The zero-order valence-corrected chi connectivity index (χ0v) is 6.93. The summed E-state index contributed by atoms with van der Waals surface area (Å²) in [6.07, 6.45) is 0. The van der Waals surface area contributed by atoms with Crippen LogP contribution in [0.4, 0.5) is 0 Å². The van der Waals surface area contributed by atoms with Gasteiger partial charge in [-0.1, -0.05) is 0 Å². The fourth-order valence-electron chi connectivity index (χ4n) is 0.440. The van der Waals surface area contributed by atoms with Crippen molar-refractivity contribution in [2.24, 2.45) is 0 Å². The molecule has 0 atom stereocenters. The van der Waals surface area contributed by atoms with Gasteiger partial charge in [0, 0.05) is 0 Å². The molecule has 0 bridgehead atoms. The van der Waals surface area contributed by atoms with Crippen molar-refractivity contribution in [2.45, 2.75) is 0 Å². The van der Waals surface area contributed by atoms with Crippen LogP contribution in [0.1, 0.15) is 0 Å². The molecule has 0 spiro atoms. The number of ether oxygens (including phenoxy) is 1. The molecule has 0 saturated carbocycles. The fraction of sp³-hybridized carbons (Fsp3) is 0.250. The standard InChI is InChI=1S/C4H3Cl2N3O2/c1-10-3-7-2(5)8-4(9-3)11-6/h1H3. The van der Waals surface area contributed by atoms with E-state index >= 15 is 0 Å². The van der Waals surface area contributed by atoms with Crippen LogP contribution in [0.5, 0.6) is 12.0 Å². The van der Waals surface area contributed by atoms with Gasteiger partial charge >= 0.3 is 12.0 Å². The van der Waals surface area contributed by atoms with Gasteiger partial charge in [-0.3, -0.25) is 0 Å². The molecule has 0 amide bonds. The minimum atomic E-state index is -0.0940. The van der Waals surface area contributed by atoms with Crippen molar-refractivity contribution >= 4 is 23.5 Å². The smallest absolute Gasteiger partial charge is 0.342 e. The molecule has 0 N–H and O–H groups in total. The Morgan fingerprint density at radius 2 is 1.82 bits per heavy atom. The third-order valence-corrected chi connectivity index (χ3v) is 1.13. The van der Waals surface area contributed by atoms with Crippen molar-refractivity contribution in [3.8, 4) is 12.0 Å². The Kier molecular flexibility index (Phi) is 2.67. The molecule has 1 rings (SSSR count). The molecule has 0 fully saturated rings. The summed E-state index contributed by atoms with van der Waals surface area (Å²) in [7, 11) is 1.39. The number of methoxy groups -OCH3 is 1. The third kappa shape index (κ3) is 2.06. The molecular formula is C4H3Cl2N3O2. The van der Waals surface area contributed by atoms with Crippen LogP contribution >= 0.6 is 23.5 Å². The average Bonchev–Trinajstić information content (AvgIpc) is 2.03. The predicted molar refractivity (Wildman–Crippen MR) is 37.9 cm³/mol. The number of aromatic nitrogens is 3. The third-order valence-electron chi connectivity index (χ3n) is 0.819. The highest BCUT2D eigenvalue weighted by molar-refractivity contribution is 6.28. The summed E-state index contributed by atoms with van der Waals surface area (Å²) in [4.78, 5) is 10.7. The summed E-state index contributed by atoms with van der Waals surface area (Å²) in [5.74, 6) is 0. The predicted octanol–water partition coefficient (Wildman–Crippen LogP) is 1.07. The lowest BCUT2D eigenvalue weighted by Crippen LogP contribution is -1.96. The van der Waals surface area contributed by atoms with Gasteiger partial charge in [-0.05, 0) is 11.6 Å². The van der Waals surface area contributed by atoms with E-state index in [1.165, 1.54) is 7.11 Å². The SMILES string of the molecule is COc1nc(Cl)nc(OCl)n1. The van der Waals surface area contributed by atoms with E-state index in [4.69, 9.17) is 23.5 Å². The number of rotatable bonds is 2. The fourth-order valence-corrected chi connectivity index (χ4v) is 0.654. The number of hydrogen-bond donors (Lipinski definition) is 0. The summed E-state index contributed by atoms with van der Waals surface area (Å²) < 4.78 is 8.84. The summed E-state index contributed by atoms with van der Waals surface area (Å²) in [5, 5.41) is -0.0347. The highest BCUT2D eigenvalue weighted by atomic mass is 35.5.